The minimum absolute atomic E-state index is 0.0227. The average Bonchev–Trinajstić information content (AvgIpc) is 2.29. The molecule has 2 atom stereocenters. The van der Waals surface area contributed by atoms with E-state index in [0.29, 0.717) is 0 Å². The Kier molecular flexibility index (Phi) is 8.03. The zero-order valence-corrected chi connectivity index (χ0v) is 10.5. The van der Waals surface area contributed by atoms with E-state index in [9.17, 15) is 14.2 Å². The van der Waals surface area contributed by atoms with Gasteiger partial charge in [-0.15, -0.1) is 0 Å². The molecule has 0 heterocycles. The first-order valence-corrected chi connectivity index (χ1v) is 6.33. The van der Waals surface area contributed by atoms with Gasteiger partial charge in [-0.2, -0.15) is 0 Å². The molecule has 0 aliphatic heterocycles. The SMILES string of the molecule is NCCOP(=O)(O)OC[C@@H](COC(=O)O)OC(=O)O. The molecule has 0 fully saturated rings. The maximum absolute atomic E-state index is 11.2. The Hall–Kier alpha value is -1.39. The molecule has 19 heavy (non-hydrogen) atoms. The van der Waals surface area contributed by atoms with Gasteiger partial charge >= 0.3 is 20.1 Å². The minimum Gasteiger partial charge on any atom is -0.450 e. The second-order valence-corrected chi connectivity index (χ2v) is 4.42. The first kappa shape index (κ1) is 17.6. The normalized spacial score (nSPS) is 15.3. The number of ether oxygens (including phenoxy) is 2. The second kappa shape index (κ2) is 8.67. The number of hydrogen-bond donors (Lipinski definition) is 4. The van der Waals surface area contributed by atoms with Gasteiger partial charge in [0, 0.05) is 6.54 Å². The van der Waals surface area contributed by atoms with Gasteiger partial charge in [0.05, 0.1) is 13.2 Å². The van der Waals surface area contributed by atoms with Gasteiger partial charge in [-0.05, 0) is 0 Å². The molecule has 1 unspecified atom stereocenters. The van der Waals surface area contributed by atoms with Crippen molar-refractivity contribution in [1.82, 2.24) is 0 Å². The van der Waals surface area contributed by atoms with Gasteiger partial charge in [-0.25, -0.2) is 14.2 Å². The van der Waals surface area contributed by atoms with Crippen LogP contribution in [0.15, 0.2) is 0 Å². The molecule has 0 aromatic rings. The molecule has 5 N–H and O–H groups in total. The van der Waals surface area contributed by atoms with E-state index in [1.807, 2.05) is 0 Å². The molecule has 0 aromatic heterocycles. The summed E-state index contributed by atoms with van der Waals surface area (Å²) < 4.78 is 28.2. The fraction of sp³-hybridized carbons (Fsp3) is 0.714. The summed E-state index contributed by atoms with van der Waals surface area (Å²) in [6, 6.07) is 0. The molecule has 0 aliphatic carbocycles. The van der Waals surface area contributed by atoms with Crippen LogP contribution in [0.2, 0.25) is 0 Å². The van der Waals surface area contributed by atoms with Crippen molar-refractivity contribution in [3.8, 4) is 0 Å². The molecule has 11 nitrogen and oxygen atoms in total. The Morgan fingerprint density at radius 3 is 2.26 bits per heavy atom. The van der Waals surface area contributed by atoms with Crippen LogP contribution in [0.4, 0.5) is 9.59 Å². The monoisotopic (exact) mass is 303 g/mol. The average molecular weight is 303 g/mol. The Labute approximate surface area is 107 Å². The molecule has 0 saturated heterocycles. The molecule has 0 amide bonds. The van der Waals surface area contributed by atoms with Crippen LogP contribution in [0, 0.1) is 0 Å². The lowest BCUT2D eigenvalue weighted by Gasteiger charge is -2.17. The van der Waals surface area contributed by atoms with Crippen LogP contribution in [-0.4, -0.2) is 59.9 Å². The van der Waals surface area contributed by atoms with Crippen LogP contribution in [0.1, 0.15) is 0 Å². The van der Waals surface area contributed by atoms with E-state index in [-0.39, 0.29) is 13.2 Å². The summed E-state index contributed by atoms with van der Waals surface area (Å²) in [6.07, 6.45) is -4.79. The molecule has 0 aromatic carbocycles. The van der Waals surface area contributed by atoms with Gasteiger partial charge in [0.15, 0.2) is 6.10 Å². The highest BCUT2D eigenvalue weighted by molar-refractivity contribution is 7.47. The zero-order chi connectivity index (χ0) is 14.9. The minimum atomic E-state index is -4.41. The highest BCUT2D eigenvalue weighted by Gasteiger charge is 2.25. The molecule has 0 spiro atoms. The number of phosphoric ester groups is 1. The number of carbonyl (C=O) groups is 2. The molecule has 12 heteroatoms. The van der Waals surface area contributed by atoms with Crippen LogP contribution in [0.3, 0.4) is 0 Å². The standard InChI is InChI=1S/C7H14NO10P/c8-1-2-16-19(13,14)17-4-5(18-7(11)12)3-15-6(9)10/h5H,1-4,8H2,(H,9,10)(H,11,12)(H,13,14)/t5-/m1/s1. The summed E-state index contributed by atoms with van der Waals surface area (Å²) in [5.74, 6) is 0. The number of carboxylic acid groups (broad SMARTS) is 2. The Balaban J connectivity index is 4.26. The largest absolute Gasteiger partial charge is 0.506 e. The lowest BCUT2D eigenvalue weighted by Crippen LogP contribution is -2.28. The maximum atomic E-state index is 11.2. The van der Waals surface area contributed by atoms with Crippen molar-refractivity contribution in [2.45, 2.75) is 6.10 Å². The van der Waals surface area contributed by atoms with Crippen molar-refractivity contribution < 1.29 is 47.8 Å². The number of rotatable bonds is 9. The second-order valence-electron chi connectivity index (χ2n) is 2.97. The lowest BCUT2D eigenvalue weighted by atomic mass is 10.4. The molecule has 0 saturated carbocycles. The third-order valence-electron chi connectivity index (χ3n) is 1.46. The smallest absolute Gasteiger partial charge is 0.450 e. The number of hydrogen-bond acceptors (Lipinski definition) is 8. The predicted octanol–water partition coefficient (Wildman–Crippen LogP) is -0.164. The summed E-state index contributed by atoms with van der Waals surface area (Å²) in [5.41, 5.74) is 5.04. The third kappa shape index (κ3) is 10.2. The predicted molar refractivity (Wildman–Crippen MR) is 57.7 cm³/mol. The summed E-state index contributed by atoms with van der Waals surface area (Å²) in [5, 5.41) is 16.6. The van der Waals surface area contributed by atoms with E-state index in [1.54, 1.807) is 0 Å². The van der Waals surface area contributed by atoms with Crippen LogP contribution in [0.25, 0.3) is 0 Å². The highest BCUT2D eigenvalue weighted by Crippen LogP contribution is 2.42. The highest BCUT2D eigenvalue weighted by atomic mass is 31.2. The molecular formula is C7H14NO10P. The molecular weight excluding hydrogens is 289 g/mol. The van der Waals surface area contributed by atoms with Crippen molar-refractivity contribution in [1.29, 1.82) is 0 Å². The van der Waals surface area contributed by atoms with E-state index in [2.05, 4.69) is 18.5 Å². The summed E-state index contributed by atoms with van der Waals surface area (Å²) >= 11 is 0. The summed E-state index contributed by atoms with van der Waals surface area (Å²) in [6.45, 7) is -1.69. The van der Waals surface area contributed by atoms with Crippen molar-refractivity contribution in [2.75, 3.05) is 26.4 Å². The van der Waals surface area contributed by atoms with E-state index in [0.717, 1.165) is 0 Å². The van der Waals surface area contributed by atoms with Crippen LogP contribution >= 0.6 is 7.82 Å². The van der Waals surface area contributed by atoms with E-state index in [1.165, 1.54) is 0 Å². The Morgan fingerprint density at radius 1 is 1.16 bits per heavy atom. The fourth-order valence-corrected chi connectivity index (χ4v) is 1.57. The van der Waals surface area contributed by atoms with Gasteiger partial charge < -0.3 is 30.3 Å². The summed E-state index contributed by atoms with van der Waals surface area (Å²) in [7, 11) is -4.41. The first-order valence-electron chi connectivity index (χ1n) is 4.84. The van der Waals surface area contributed by atoms with Gasteiger partial charge in [-0.3, -0.25) is 9.05 Å². The van der Waals surface area contributed by atoms with Crippen molar-refractivity contribution in [3.05, 3.63) is 0 Å². The lowest BCUT2D eigenvalue weighted by molar-refractivity contribution is -0.0183. The Bertz CT molecular complexity index is 347. The van der Waals surface area contributed by atoms with E-state index >= 15 is 0 Å². The van der Waals surface area contributed by atoms with Gasteiger partial charge in [0.2, 0.25) is 0 Å². The van der Waals surface area contributed by atoms with Gasteiger partial charge in [0.25, 0.3) is 0 Å². The van der Waals surface area contributed by atoms with Crippen LogP contribution in [-0.2, 0) is 23.1 Å². The van der Waals surface area contributed by atoms with Crippen LogP contribution in [0.5, 0.6) is 0 Å². The molecule has 0 aliphatic rings. The quantitative estimate of drug-likeness (QED) is 0.328. The summed E-state index contributed by atoms with van der Waals surface area (Å²) in [4.78, 5) is 29.5. The molecule has 0 radical (unpaired) electrons. The van der Waals surface area contributed by atoms with Gasteiger partial charge in [-0.1, -0.05) is 0 Å². The molecule has 0 rings (SSSR count). The topological polar surface area (TPSA) is 175 Å². The molecule has 0 bridgehead atoms. The Morgan fingerprint density at radius 2 is 1.79 bits per heavy atom. The number of phosphoric acid groups is 1. The zero-order valence-electron chi connectivity index (χ0n) is 9.63. The third-order valence-corrected chi connectivity index (χ3v) is 2.44. The van der Waals surface area contributed by atoms with Crippen molar-refractivity contribution in [3.63, 3.8) is 0 Å². The fourth-order valence-electron chi connectivity index (χ4n) is 0.806. The van der Waals surface area contributed by atoms with E-state index < -0.39 is 39.5 Å². The van der Waals surface area contributed by atoms with E-state index in [4.69, 9.17) is 20.8 Å². The van der Waals surface area contributed by atoms with Crippen molar-refractivity contribution >= 4 is 20.1 Å². The first-order chi connectivity index (χ1) is 8.76. The maximum Gasteiger partial charge on any atom is 0.506 e. The van der Waals surface area contributed by atoms with Crippen LogP contribution < -0.4 is 5.73 Å². The van der Waals surface area contributed by atoms with Gasteiger partial charge in [0.1, 0.15) is 6.61 Å². The number of nitrogens with two attached hydrogens (primary N) is 1. The van der Waals surface area contributed by atoms with Crippen molar-refractivity contribution in [2.24, 2.45) is 5.73 Å². The molecule has 112 valence electrons.